The fourth-order valence-electron chi connectivity index (χ4n) is 1.05. The Bertz CT molecular complexity index is 311. The highest BCUT2D eigenvalue weighted by Crippen LogP contribution is 2.16. The quantitative estimate of drug-likeness (QED) is 0.509. The molecule has 3 heteroatoms. The van der Waals surface area contributed by atoms with Gasteiger partial charge in [0.2, 0.25) is 0 Å². The molecule has 1 saturated heterocycles. The summed E-state index contributed by atoms with van der Waals surface area (Å²) < 4.78 is 0. The van der Waals surface area contributed by atoms with Crippen LogP contribution in [0, 0.1) is 0 Å². The first-order valence-electron chi connectivity index (χ1n) is 4.55. The lowest BCUT2D eigenvalue weighted by molar-refractivity contribution is -0.123. The largest absolute Gasteiger partial charge is 0.288 e. The van der Waals surface area contributed by atoms with Crippen molar-refractivity contribution in [2.75, 3.05) is 0 Å². The van der Waals surface area contributed by atoms with Gasteiger partial charge < -0.3 is 0 Å². The molecule has 3 nitrogen and oxygen atoms in total. The highest BCUT2D eigenvalue weighted by molar-refractivity contribution is 6.24. The number of imide groups is 1. The third-order valence-electron chi connectivity index (χ3n) is 1.58. The van der Waals surface area contributed by atoms with Gasteiger partial charge in [0.1, 0.15) is 0 Å². The molecule has 1 aliphatic rings. The van der Waals surface area contributed by atoms with E-state index in [1.54, 1.807) is 13.0 Å². The molecule has 0 radical (unpaired) electrons. The summed E-state index contributed by atoms with van der Waals surface area (Å²) in [4.78, 5) is 22.1. The fraction of sp³-hybridized carbons (Fsp3) is 0.273. The third-order valence-corrected chi connectivity index (χ3v) is 1.58. The minimum Gasteiger partial charge on any atom is -0.288 e. The van der Waals surface area contributed by atoms with Crippen molar-refractivity contribution in [1.82, 2.24) is 5.32 Å². The van der Waals surface area contributed by atoms with Gasteiger partial charge in [0.15, 0.2) is 0 Å². The van der Waals surface area contributed by atoms with Crippen LogP contribution >= 0.6 is 0 Å². The highest BCUT2D eigenvalue weighted by atomic mass is 16.2. The van der Waals surface area contributed by atoms with Crippen LogP contribution in [0.2, 0.25) is 0 Å². The van der Waals surface area contributed by atoms with Crippen LogP contribution in [0.25, 0.3) is 0 Å². The Labute approximate surface area is 84.2 Å². The van der Waals surface area contributed by atoms with Gasteiger partial charge >= 0.3 is 0 Å². The molecular formula is C11H15NO2. The Morgan fingerprint density at radius 1 is 1.14 bits per heavy atom. The van der Waals surface area contributed by atoms with Crippen LogP contribution < -0.4 is 5.32 Å². The Morgan fingerprint density at radius 3 is 2.07 bits per heavy atom. The van der Waals surface area contributed by atoms with E-state index in [0.29, 0.717) is 11.1 Å². The van der Waals surface area contributed by atoms with E-state index < -0.39 is 0 Å². The van der Waals surface area contributed by atoms with Crippen molar-refractivity contribution in [3.05, 3.63) is 36.0 Å². The predicted molar refractivity (Wildman–Crippen MR) is 56.5 cm³/mol. The second-order valence-electron chi connectivity index (χ2n) is 2.30. The summed E-state index contributed by atoms with van der Waals surface area (Å²) in [6.45, 7) is 9.17. The van der Waals surface area contributed by atoms with Gasteiger partial charge in [-0.05, 0) is 13.0 Å². The standard InChI is InChI=1S/C9H9NO2.C2H6/c1-3-5-7-6(4-2)8(11)10-9(7)12;1-2/h3-5H,1H2,2H3,(H,10,11,12);1-2H3/b6-4+,7-5+;. The first kappa shape index (κ1) is 12.4. The van der Waals surface area contributed by atoms with Crippen molar-refractivity contribution in [2.45, 2.75) is 20.8 Å². The number of nitrogens with one attached hydrogen (secondary N) is 1. The summed E-state index contributed by atoms with van der Waals surface area (Å²) >= 11 is 0. The minimum absolute atomic E-state index is 0.337. The maximum Gasteiger partial charge on any atom is 0.258 e. The number of hydrogen-bond donors (Lipinski definition) is 1. The molecule has 0 aromatic heterocycles. The lowest BCUT2D eigenvalue weighted by Crippen LogP contribution is -2.19. The highest BCUT2D eigenvalue weighted by Gasteiger charge is 2.28. The van der Waals surface area contributed by atoms with Gasteiger partial charge in [0, 0.05) is 5.57 Å². The molecule has 0 atom stereocenters. The van der Waals surface area contributed by atoms with Crippen LogP contribution in [0.4, 0.5) is 0 Å². The van der Waals surface area contributed by atoms with Crippen molar-refractivity contribution in [1.29, 1.82) is 0 Å². The lowest BCUT2D eigenvalue weighted by atomic mass is 10.1. The number of carbonyl (C=O) groups is 2. The molecule has 1 N–H and O–H groups in total. The molecule has 0 aromatic rings. The third kappa shape index (κ3) is 2.42. The van der Waals surface area contributed by atoms with E-state index in [9.17, 15) is 9.59 Å². The molecule has 1 fully saturated rings. The summed E-state index contributed by atoms with van der Waals surface area (Å²) in [6.07, 6.45) is 4.61. The molecule has 0 aliphatic carbocycles. The van der Waals surface area contributed by atoms with Crippen molar-refractivity contribution >= 4 is 11.8 Å². The van der Waals surface area contributed by atoms with E-state index in [4.69, 9.17) is 0 Å². The van der Waals surface area contributed by atoms with Crippen molar-refractivity contribution < 1.29 is 9.59 Å². The summed E-state index contributed by atoms with van der Waals surface area (Å²) in [7, 11) is 0. The van der Waals surface area contributed by atoms with E-state index in [-0.39, 0.29) is 11.8 Å². The maximum atomic E-state index is 11.1. The van der Waals surface area contributed by atoms with Gasteiger partial charge in [-0.25, -0.2) is 0 Å². The fourth-order valence-corrected chi connectivity index (χ4v) is 1.05. The van der Waals surface area contributed by atoms with E-state index in [2.05, 4.69) is 11.9 Å². The van der Waals surface area contributed by atoms with Gasteiger partial charge in [-0.1, -0.05) is 32.6 Å². The molecule has 1 rings (SSSR count). The molecule has 0 spiro atoms. The van der Waals surface area contributed by atoms with Crippen LogP contribution in [0.1, 0.15) is 20.8 Å². The Morgan fingerprint density at radius 2 is 1.64 bits per heavy atom. The Balaban J connectivity index is 0.000000791. The second-order valence-corrected chi connectivity index (χ2v) is 2.30. The summed E-state index contributed by atoms with van der Waals surface area (Å²) in [5.74, 6) is -0.691. The number of hydrogen-bond acceptors (Lipinski definition) is 2. The maximum absolute atomic E-state index is 11.1. The Kier molecular flexibility index (Phi) is 5.22. The molecule has 0 bridgehead atoms. The second kappa shape index (κ2) is 5.91. The number of rotatable bonds is 1. The number of allylic oxidation sites excluding steroid dienone is 3. The van der Waals surface area contributed by atoms with E-state index in [1.807, 2.05) is 13.8 Å². The molecule has 76 valence electrons. The summed E-state index contributed by atoms with van der Waals surface area (Å²) in [5.41, 5.74) is 0.803. The van der Waals surface area contributed by atoms with Gasteiger partial charge in [0.05, 0.1) is 5.57 Å². The molecule has 1 aliphatic heterocycles. The monoisotopic (exact) mass is 193 g/mol. The van der Waals surface area contributed by atoms with Crippen molar-refractivity contribution in [3.8, 4) is 0 Å². The van der Waals surface area contributed by atoms with E-state index >= 15 is 0 Å². The zero-order valence-electron chi connectivity index (χ0n) is 8.76. The molecule has 2 amide bonds. The smallest absolute Gasteiger partial charge is 0.258 e. The summed E-state index contributed by atoms with van der Waals surface area (Å²) in [6, 6.07) is 0. The van der Waals surface area contributed by atoms with Crippen LogP contribution in [0.5, 0.6) is 0 Å². The number of amides is 2. The van der Waals surface area contributed by atoms with Gasteiger partial charge in [0.25, 0.3) is 11.8 Å². The predicted octanol–water partition coefficient (Wildman–Crippen LogP) is 1.73. The van der Waals surface area contributed by atoms with Crippen molar-refractivity contribution in [2.24, 2.45) is 0 Å². The van der Waals surface area contributed by atoms with E-state index in [0.717, 1.165) is 0 Å². The van der Waals surface area contributed by atoms with Crippen LogP contribution in [0.3, 0.4) is 0 Å². The molecule has 14 heavy (non-hydrogen) atoms. The molecule has 0 aromatic carbocycles. The SMILES string of the molecule is C=C/C=C1/C(=O)NC(=O)/C1=C/C.CC. The summed E-state index contributed by atoms with van der Waals surface area (Å²) in [5, 5.41) is 2.19. The average molecular weight is 193 g/mol. The van der Waals surface area contributed by atoms with Crippen molar-refractivity contribution in [3.63, 3.8) is 0 Å². The van der Waals surface area contributed by atoms with Crippen LogP contribution in [-0.4, -0.2) is 11.8 Å². The first-order valence-corrected chi connectivity index (χ1v) is 4.55. The molecule has 0 saturated carbocycles. The molecular weight excluding hydrogens is 178 g/mol. The minimum atomic E-state index is -0.354. The lowest BCUT2D eigenvalue weighted by Gasteiger charge is -1.89. The first-order chi connectivity index (χ1) is 6.70. The normalized spacial score (nSPS) is 20.5. The van der Waals surface area contributed by atoms with Gasteiger partial charge in [-0.15, -0.1) is 0 Å². The van der Waals surface area contributed by atoms with E-state index in [1.165, 1.54) is 12.2 Å². The zero-order valence-corrected chi connectivity index (χ0v) is 8.76. The number of carbonyl (C=O) groups excluding carboxylic acids is 2. The molecule has 1 heterocycles. The van der Waals surface area contributed by atoms with Crippen LogP contribution in [-0.2, 0) is 9.59 Å². The Hall–Kier alpha value is -1.64. The molecule has 0 unspecified atom stereocenters. The van der Waals surface area contributed by atoms with Gasteiger partial charge in [-0.2, -0.15) is 0 Å². The zero-order chi connectivity index (χ0) is 11.1. The average Bonchev–Trinajstić information content (AvgIpc) is 2.45. The van der Waals surface area contributed by atoms with Gasteiger partial charge in [-0.3, -0.25) is 14.9 Å². The van der Waals surface area contributed by atoms with Crippen LogP contribution in [0.15, 0.2) is 36.0 Å². The topological polar surface area (TPSA) is 46.2 Å².